The second kappa shape index (κ2) is 23.2. The number of carbonyl (C=O) groups is 2. The lowest BCUT2D eigenvalue weighted by Crippen LogP contribution is -2.19. The molecule has 1 aromatic heterocycles. The molecule has 294 valence electrons. The minimum atomic E-state index is -0.627. The summed E-state index contributed by atoms with van der Waals surface area (Å²) in [5.74, 6) is 0.881. The van der Waals surface area contributed by atoms with Crippen molar-refractivity contribution in [3.8, 4) is 11.5 Å². The van der Waals surface area contributed by atoms with Crippen LogP contribution in [-0.4, -0.2) is 58.9 Å². The predicted octanol–water partition coefficient (Wildman–Crippen LogP) is 7.21. The molecule has 0 saturated heterocycles. The molecule has 4 aromatic rings. The fourth-order valence-electron chi connectivity index (χ4n) is 7.29. The summed E-state index contributed by atoms with van der Waals surface area (Å²) in [6.45, 7) is 2.67. The Kier molecular flexibility index (Phi) is 18.1. The van der Waals surface area contributed by atoms with E-state index in [1.54, 1.807) is 24.4 Å². The molecule has 0 aliphatic rings. The molecular weight excluding hydrogens is 691 g/mol. The lowest BCUT2D eigenvalue weighted by molar-refractivity contribution is -0.124. The number of anilines is 1. The molecule has 0 saturated carbocycles. The molecular formula is C46H59N3O6. The van der Waals surface area contributed by atoms with Crippen LogP contribution in [0.2, 0.25) is 0 Å². The molecule has 0 aliphatic carbocycles. The zero-order chi connectivity index (χ0) is 39.4. The smallest absolute Gasteiger partial charge is 0.186 e. The number of aliphatic hydroxyl groups is 2. The SMILES string of the molecule is CNC[C@H](C)C[C@H](CCCO)CCCC(=O)CC(=O)/C=C/c1cc(OCO)c(O)cc1Cc1cnc(N)cc1CCc1cccc(CCc2ccccc2)c1. The summed E-state index contributed by atoms with van der Waals surface area (Å²) in [5, 5.41) is 32.7. The lowest BCUT2D eigenvalue weighted by Gasteiger charge is -2.20. The molecule has 1 heterocycles. The minimum absolute atomic E-state index is 0.0806. The second-order valence-corrected chi connectivity index (χ2v) is 14.7. The molecule has 2 atom stereocenters. The average Bonchev–Trinajstić information content (AvgIpc) is 3.17. The number of carbonyl (C=O) groups excluding carboxylic acids is 2. The van der Waals surface area contributed by atoms with E-state index in [-0.39, 0.29) is 36.1 Å². The number of nitrogens with one attached hydrogen (secondary N) is 1. The zero-order valence-electron chi connectivity index (χ0n) is 32.5. The Balaban J connectivity index is 1.42. The first-order chi connectivity index (χ1) is 26.7. The summed E-state index contributed by atoms with van der Waals surface area (Å²) in [6.07, 6.45) is 13.1. The third-order valence-electron chi connectivity index (χ3n) is 10.1. The maximum atomic E-state index is 13.0. The molecule has 0 fully saturated rings. The maximum Gasteiger partial charge on any atom is 0.186 e. The molecule has 6 N–H and O–H groups in total. The third kappa shape index (κ3) is 15.1. The summed E-state index contributed by atoms with van der Waals surface area (Å²) in [7, 11) is 1.94. The molecule has 9 nitrogen and oxygen atoms in total. The van der Waals surface area contributed by atoms with E-state index in [4.69, 9.17) is 10.5 Å². The number of ketones is 2. The van der Waals surface area contributed by atoms with Crippen LogP contribution < -0.4 is 15.8 Å². The number of hydrogen-bond donors (Lipinski definition) is 5. The van der Waals surface area contributed by atoms with Gasteiger partial charge in [0.1, 0.15) is 11.6 Å². The Morgan fingerprint density at radius 2 is 1.58 bits per heavy atom. The van der Waals surface area contributed by atoms with Gasteiger partial charge in [-0.05, 0) is 146 Å². The Labute approximate surface area is 326 Å². The van der Waals surface area contributed by atoms with Gasteiger partial charge in [-0.25, -0.2) is 4.98 Å². The van der Waals surface area contributed by atoms with Crippen LogP contribution in [0.15, 0.2) is 85.1 Å². The molecule has 0 bridgehead atoms. The number of aromatic nitrogens is 1. The number of allylic oxidation sites excluding steroid dienone is 1. The van der Waals surface area contributed by atoms with Gasteiger partial charge in [0, 0.05) is 19.2 Å². The number of rotatable bonds is 25. The highest BCUT2D eigenvalue weighted by atomic mass is 16.6. The molecule has 0 amide bonds. The van der Waals surface area contributed by atoms with Crippen molar-refractivity contribution < 1.29 is 29.6 Å². The van der Waals surface area contributed by atoms with Crippen molar-refractivity contribution in [2.24, 2.45) is 11.8 Å². The Hall–Kier alpha value is -4.83. The normalized spacial score (nSPS) is 12.5. The van der Waals surface area contributed by atoms with Gasteiger partial charge in [0.15, 0.2) is 24.1 Å². The highest BCUT2D eigenvalue weighted by Gasteiger charge is 2.16. The number of nitrogen functional groups attached to an aromatic ring is 1. The standard InChI is InChI=1S/C46H59N3O6/c1-33(30-48-2)23-35(14-8-22-50)13-7-15-42(52)29-43(53)21-20-38-27-45(55-32-51)44(54)26-40(38)25-41-31-49-46(47)28-39(41)19-18-37-12-6-11-36(24-37)17-16-34-9-4-3-5-10-34/h3-6,9-12,20-21,24,26-28,31,33,35,48,50-51,54H,7-8,13-19,22-23,25,29-30,32H2,1-2H3,(H2,47,49)/b21-20+/t33-,35+/m1/s1. The number of nitrogens with two attached hydrogens (primary N) is 1. The molecule has 0 spiro atoms. The van der Waals surface area contributed by atoms with Gasteiger partial charge in [-0.2, -0.15) is 0 Å². The van der Waals surface area contributed by atoms with Gasteiger partial charge in [0.05, 0.1) is 6.42 Å². The van der Waals surface area contributed by atoms with Gasteiger partial charge < -0.3 is 31.1 Å². The Morgan fingerprint density at radius 3 is 2.31 bits per heavy atom. The van der Waals surface area contributed by atoms with Crippen molar-refractivity contribution >= 4 is 23.5 Å². The maximum absolute atomic E-state index is 13.0. The molecule has 0 radical (unpaired) electrons. The summed E-state index contributed by atoms with van der Waals surface area (Å²) in [5.41, 5.74) is 13.3. The van der Waals surface area contributed by atoms with Crippen molar-refractivity contribution in [2.75, 3.05) is 32.7 Å². The van der Waals surface area contributed by atoms with E-state index in [1.807, 2.05) is 19.2 Å². The largest absolute Gasteiger partial charge is 0.504 e. The topological polar surface area (TPSA) is 155 Å². The van der Waals surface area contributed by atoms with E-state index >= 15 is 0 Å². The summed E-state index contributed by atoms with van der Waals surface area (Å²) >= 11 is 0. The quantitative estimate of drug-likeness (QED) is 0.0269. The number of Topliss-reactive ketones (excluding diaryl/α,β-unsaturated/α-hetero) is 1. The Bertz CT molecular complexity index is 1830. The first-order valence-corrected chi connectivity index (χ1v) is 19.6. The zero-order valence-corrected chi connectivity index (χ0v) is 32.5. The van der Waals surface area contributed by atoms with Crippen LogP contribution in [0.3, 0.4) is 0 Å². The monoisotopic (exact) mass is 749 g/mol. The van der Waals surface area contributed by atoms with Gasteiger partial charge >= 0.3 is 0 Å². The fourth-order valence-corrected chi connectivity index (χ4v) is 7.29. The van der Waals surface area contributed by atoms with Gasteiger partial charge in [0.2, 0.25) is 0 Å². The van der Waals surface area contributed by atoms with Gasteiger partial charge in [-0.1, -0.05) is 74.0 Å². The number of hydrogen-bond acceptors (Lipinski definition) is 9. The van der Waals surface area contributed by atoms with Crippen LogP contribution >= 0.6 is 0 Å². The van der Waals surface area contributed by atoms with Gasteiger partial charge in [-0.15, -0.1) is 0 Å². The predicted molar refractivity (Wildman–Crippen MR) is 220 cm³/mol. The van der Waals surface area contributed by atoms with Crippen molar-refractivity contribution in [3.05, 3.63) is 124 Å². The number of aromatic hydroxyl groups is 1. The van der Waals surface area contributed by atoms with Crippen LogP contribution in [-0.2, 0) is 41.7 Å². The summed E-state index contributed by atoms with van der Waals surface area (Å²) < 4.78 is 5.24. The first kappa shape index (κ1) is 42.9. The van der Waals surface area contributed by atoms with Crippen molar-refractivity contribution in [2.45, 2.75) is 84.0 Å². The molecule has 9 heteroatoms. The van der Waals surface area contributed by atoms with Crippen molar-refractivity contribution in [1.82, 2.24) is 10.3 Å². The lowest BCUT2D eigenvalue weighted by atomic mass is 9.87. The second-order valence-electron chi connectivity index (χ2n) is 14.7. The highest BCUT2D eigenvalue weighted by Crippen LogP contribution is 2.33. The number of aliphatic hydroxyl groups excluding tert-OH is 2. The van der Waals surface area contributed by atoms with E-state index in [2.05, 4.69) is 65.8 Å². The Morgan fingerprint density at radius 1 is 0.873 bits per heavy atom. The van der Waals surface area contributed by atoms with E-state index in [0.717, 1.165) is 74.6 Å². The summed E-state index contributed by atoms with van der Waals surface area (Å²) in [4.78, 5) is 30.2. The van der Waals surface area contributed by atoms with E-state index in [9.17, 15) is 24.9 Å². The van der Waals surface area contributed by atoms with Crippen molar-refractivity contribution in [1.29, 1.82) is 0 Å². The van der Waals surface area contributed by atoms with E-state index in [0.29, 0.717) is 42.5 Å². The first-order valence-electron chi connectivity index (χ1n) is 19.6. The number of phenolic OH excluding ortho intramolecular Hbond substituents is 1. The molecule has 4 rings (SSSR count). The van der Waals surface area contributed by atoms with Crippen LogP contribution in [0.4, 0.5) is 5.82 Å². The summed E-state index contributed by atoms with van der Waals surface area (Å²) in [6, 6.07) is 24.2. The van der Waals surface area contributed by atoms with Crippen LogP contribution in [0, 0.1) is 11.8 Å². The number of pyridine rings is 1. The van der Waals surface area contributed by atoms with Crippen molar-refractivity contribution in [3.63, 3.8) is 0 Å². The molecule has 0 unspecified atom stereocenters. The van der Waals surface area contributed by atoms with Crippen LogP contribution in [0.1, 0.15) is 90.8 Å². The van der Waals surface area contributed by atoms with Crippen LogP contribution in [0.5, 0.6) is 11.5 Å². The fraction of sp³-hybridized carbons (Fsp3) is 0.413. The van der Waals surface area contributed by atoms with Gasteiger partial charge in [0.25, 0.3) is 0 Å². The minimum Gasteiger partial charge on any atom is -0.504 e. The molecule has 0 aliphatic heterocycles. The number of phenols is 1. The number of benzene rings is 3. The van der Waals surface area contributed by atoms with E-state index in [1.165, 1.54) is 22.8 Å². The van der Waals surface area contributed by atoms with Gasteiger partial charge in [-0.3, -0.25) is 9.59 Å². The molecule has 3 aromatic carbocycles. The number of ether oxygens (including phenoxy) is 1. The van der Waals surface area contributed by atoms with Crippen LogP contribution in [0.25, 0.3) is 6.08 Å². The van der Waals surface area contributed by atoms with E-state index < -0.39 is 6.79 Å². The number of aryl methyl sites for hydroxylation is 4. The highest BCUT2D eigenvalue weighted by molar-refractivity contribution is 6.06. The third-order valence-corrected chi connectivity index (χ3v) is 10.1. The molecule has 55 heavy (non-hydrogen) atoms. The number of nitrogens with zero attached hydrogens (tertiary/aromatic N) is 1. The average molecular weight is 750 g/mol.